The molecule has 0 unspecified atom stereocenters. The van der Waals surface area contributed by atoms with E-state index in [1.807, 2.05) is 0 Å². The molecule has 0 aliphatic rings. The molecule has 0 aliphatic carbocycles. The van der Waals surface area contributed by atoms with Crippen LogP contribution in [0.25, 0.3) is 11.0 Å². The summed E-state index contributed by atoms with van der Waals surface area (Å²) >= 11 is 0. The molecule has 0 amide bonds. The van der Waals surface area contributed by atoms with E-state index in [2.05, 4.69) is 9.97 Å². The first kappa shape index (κ1) is 6.84. The molecule has 0 saturated carbocycles. The summed E-state index contributed by atoms with van der Waals surface area (Å²) in [6, 6.07) is 3.37. The second-order valence-electron chi connectivity index (χ2n) is 2.44. The maximum absolute atomic E-state index is 10.5. The Morgan fingerprint density at radius 3 is 3.17 bits per heavy atom. The van der Waals surface area contributed by atoms with E-state index in [9.17, 15) is 4.79 Å². The summed E-state index contributed by atoms with van der Waals surface area (Å²) < 4.78 is 0. The highest BCUT2D eigenvalue weighted by molar-refractivity contribution is 5.91. The summed E-state index contributed by atoms with van der Waals surface area (Å²) in [6.45, 7) is 0. The topological polar surface area (TPSA) is 66.0 Å². The van der Waals surface area contributed by atoms with Crippen molar-refractivity contribution >= 4 is 17.0 Å². The zero-order valence-electron chi connectivity index (χ0n) is 6.11. The van der Waals surface area contributed by atoms with Crippen molar-refractivity contribution < 1.29 is 9.90 Å². The lowest BCUT2D eigenvalue weighted by Gasteiger charge is -1.92. The van der Waals surface area contributed by atoms with E-state index in [0.717, 1.165) is 5.39 Å². The zero-order valence-corrected chi connectivity index (χ0v) is 6.11. The van der Waals surface area contributed by atoms with Gasteiger partial charge in [-0.05, 0) is 12.1 Å². The van der Waals surface area contributed by atoms with Crippen LogP contribution in [-0.2, 0) is 0 Å². The van der Waals surface area contributed by atoms with Crippen LogP contribution in [0.4, 0.5) is 0 Å². The molecule has 0 fully saturated rings. The Hall–Kier alpha value is -1.84. The van der Waals surface area contributed by atoms with Crippen LogP contribution in [-0.4, -0.2) is 21.0 Å². The molecule has 0 radical (unpaired) electrons. The minimum absolute atomic E-state index is 0.210. The second kappa shape index (κ2) is 2.34. The molecule has 2 aromatic rings. The molecule has 0 saturated heterocycles. The third-order valence-electron chi connectivity index (χ3n) is 1.65. The quantitative estimate of drug-likeness (QED) is 0.663. The number of aromatic amines is 1. The van der Waals surface area contributed by atoms with Gasteiger partial charge in [-0.1, -0.05) is 0 Å². The van der Waals surface area contributed by atoms with Gasteiger partial charge < -0.3 is 10.1 Å². The van der Waals surface area contributed by atoms with Gasteiger partial charge >= 0.3 is 5.97 Å². The largest absolute Gasteiger partial charge is 0.478 e. The maximum atomic E-state index is 10.5. The molecule has 0 atom stereocenters. The van der Waals surface area contributed by atoms with E-state index in [1.165, 1.54) is 6.20 Å². The molecule has 0 aromatic carbocycles. The van der Waals surface area contributed by atoms with Crippen LogP contribution >= 0.6 is 0 Å². The fourth-order valence-corrected chi connectivity index (χ4v) is 1.06. The van der Waals surface area contributed by atoms with Gasteiger partial charge in [-0.15, -0.1) is 0 Å². The van der Waals surface area contributed by atoms with Gasteiger partial charge in [-0.25, -0.2) is 9.78 Å². The highest BCUT2D eigenvalue weighted by Crippen LogP contribution is 2.10. The molecule has 2 N–H and O–H groups in total. The highest BCUT2D eigenvalue weighted by atomic mass is 16.4. The number of nitrogens with zero attached hydrogens (tertiary/aromatic N) is 1. The SMILES string of the molecule is O=C(O)c1cnc2[nH]ccc2c1. The fourth-order valence-electron chi connectivity index (χ4n) is 1.06. The molecule has 0 bridgehead atoms. The number of nitrogens with one attached hydrogen (secondary N) is 1. The minimum Gasteiger partial charge on any atom is -0.478 e. The third kappa shape index (κ3) is 0.934. The Bertz CT molecular complexity index is 433. The van der Waals surface area contributed by atoms with Crippen molar-refractivity contribution in [2.24, 2.45) is 0 Å². The van der Waals surface area contributed by atoms with E-state index in [0.29, 0.717) is 5.65 Å². The molecule has 4 nitrogen and oxygen atoms in total. The van der Waals surface area contributed by atoms with Crippen molar-refractivity contribution in [2.75, 3.05) is 0 Å². The Morgan fingerprint density at radius 1 is 1.58 bits per heavy atom. The first-order chi connectivity index (χ1) is 5.77. The number of aromatic carboxylic acids is 1. The van der Waals surface area contributed by atoms with Crippen LogP contribution in [0, 0.1) is 0 Å². The average molecular weight is 162 g/mol. The van der Waals surface area contributed by atoms with E-state index in [4.69, 9.17) is 5.11 Å². The molecule has 4 heteroatoms. The van der Waals surface area contributed by atoms with Gasteiger partial charge in [0.25, 0.3) is 0 Å². The number of carboxylic acids is 1. The van der Waals surface area contributed by atoms with E-state index >= 15 is 0 Å². The lowest BCUT2D eigenvalue weighted by molar-refractivity contribution is 0.0696. The number of pyridine rings is 1. The average Bonchev–Trinajstić information content (AvgIpc) is 2.49. The van der Waals surface area contributed by atoms with Crippen molar-refractivity contribution in [1.82, 2.24) is 9.97 Å². The molecule has 2 aromatic heterocycles. The Labute approximate surface area is 67.9 Å². The molecular weight excluding hydrogens is 156 g/mol. The smallest absolute Gasteiger partial charge is 0.337 e. The van der Waals surface area contributed by atoms with E-state index < -0.39 is 5.97 Å². The number of aromatic nitrogens is 2. The number of carboxylic acid groups (broad SMARTS) is 1. The Balaban J connectivity index is 2.68. The number of rotatable bonds is 1. The Morgan fingerprint density at radius 2 is 2.42 bits per heavy atom. The van der Waals surface area contributed by atoms with Crippen molar-refractivity contribution in [3.63, 3.8) is 0 Å². The monoisotopic (exact) mass is 162 g/mol. The zero-order chi connectivity index (χ0) is 8.55. The van der Waals surface area contributed by atoms with Gasteiger partial charge in [0.15, 0.2) is 0 Å². The van der Waals surface area contributed by atoms with Crippen LogP contribution in [0.5, 0.6) is 0 Å². The van der Waals surface area contributed by atoms with Gasteiger partial charge in [0, 0.05) is 17.8 Å². The van der Waals surface area contributed by atoms with Crippen LogP contribution < -0.4 is 0 Å². The van der Waals surface area contributed by atoms with Crippen LogP contribution in [0.1, 0.15) is 10.4 Å². The third-order valence-corrected chi connectivity index (χ3v) is 1.65. The normalized spacial score (nSPS) is 10.3. The van der Waals surface area contributed by atoms with Crippen LogP contribution in [0.2, 0.25) is 0 Å². The van der Waals surface area contributed by atoms with Crippen molar-refractivity contribution in [3.05, 3.63) is 30.1 Å². The first-order valence-electron chi connectivity index (χ1n) is 3.44. The first-order valence-corrected chi connectivity index (χ1v) is 3.44. The number of hydrogen-bond donors (Lipinski definition) is 2. The molecule has 0 aliphatic heterocycles. The van der Waals surface area contributed by atoms with Crippen molar-refractivity contribution in [1.29, 1.82) is 0 Å². The summed E-state index contributed by atoms with van der Waals surface area (Å²) in [5, 5.41) is 9.45. The molecule has 2 rings (SSSR count). The van der Waals surface area contributed by atoms with Gasteiger partial charge in [0.2, 0.25) is 0 Å². The maximum Gasteiger partial charge on any atom is 0.337 e. The molecule has 12 heavy (non-hydrogen) atoms. The summed E-state index contributed by atoms with van der Waals surface area (Å²) in [4.78, 5) is 17.3. The number of hydrogen-bond acceptors (Lipinski definition) is 2. The lowest BCUT2D eigenvalue weighted by Crippen LogP contribution is -1.96. The lowest BCUT2D eigenvalue weighted by atomic mass is 10.2. The summed E-state index contributed by atoms with van der Waals surface area (Å²) in [5.74, 6) is -0.953. The fraction of sp³-hybridized carbons (Fsp3) is 0. The van der Waals surface area contributed by atoms with Crippen LogP contribution in [0.15, 0.2) is 24.5 Å². The predicted octanol–water partition coefficient (Wildman–Crippen LogP) is 1.26. The molecular formula is C8H6N2O2. The summed E-state index contributed by atoms with van der Waals surface area (Å²) in [6.07, 6.45) is 3.06. The predicted molar refractivity (Wildman–Crippen MR) is 43.1 cm³/mol. The van der Waals surface area contributed by atoms with E-state index in [-0.39, 0.29) is 5.56 Å². The number of fused-ring (bicyclic) bond motifs is 1. The molecule has 0 spiro atoms. The van der Waals surface area contributed by atoms with Gasteiger partial charge in [0.1, 0.15) is 5.65 Å². The molecule has 60 valence electrons. The van der Waals surface area contributed by atoms with Gasteiger partial charge in [0.05, 0.1) is 5.56 Å². The Kier molecular flexibility index (Phi) is 1.33. The standard InChI is InChI=1S/C8H6N2O2/c11-8(12)6-3-5-1-2-9-7(5)10-4-6/h1-4H,(H,9,10)(H,11,12). The summed E-state index contributed by atoms with van der Waals surface area (Å²) in [5.41, 5.74) is 0.919. The van der Waals surface area contributed by atoms with Crippen molar-refractivity contribution in [3.8, 4) is 0 Å². The van der Waals surface area contributed by atoms with Crippen LogP contribution in [0.3, 0.4) is 0 Å². The number of carbonyl (C=O) groups is 1. The highest BCUT2D eigenvalue weighted by Gasteiger charge is 2.03. The van der Waals surface area contributed by atoms with Crippen molar-refractivity contribution in [2.45, 2.75) is 0 Å². The minimum atomic E-state index is -0.953. The number of H-pyrrole nitrogens is 1. The van der Waals surface area contributed by atoms with Gasteiger partial charge in [-0.2, -0.15) is 0 Å². The van der Waals surface area contributed by atoms with Gasteiger partial charge in [-0.3, -0.25) is 0 Å². The summed E-state index contributed by atoms with van der Waals surface area (Å²) in [7, 11) is 0. The second-order valence-corrected chi connectivity index (χ2v) is 2.44. The molecule has 2 heterocycles. The van der Waals surface area contributed by atoms with E-state index in [1.54, 1.807) is 18.3 Å².